The molecule has 1 N–H and O–H groups in total. The number of fused-ring (bicyclic) bond motifs is 2. The van der Waals surface area contributed by atoms with Gasteiger partial charge in [0.1, 0.15) is 0 Å². The van der Waals surface area contributed by atoms with Crippen LogP contribution in [-0.2, 0) is 0 Å². The smallest absolute Gasteiger partial charge is 0.272 e. The maximum absolute atomic E-state index is 12.9. The first kappa shape index (κ1) is 17.9. The molecular formula is C24H17N3O3. The van der Waals surface area contributed by atoms with Crippen molar-refractivity contribution in [3.05, 3.63) is 90.0 Å². The fraction of sp³-hybridized carbons (Fsp3) is 0.0417. The minimum absolute atomic E-state index is 0.214. The summed E-state index contributed by atoms with van der Waals surface area (Å²) in [5.41, 5.74) is 6.36. The number of hydrogen-bond donors (Lipinski definition) is 1. The fourth-order valence-electron chi connectivity index (χ4n) is 3.34. The van der Waals surface area contributed by atoms with Crippen molar-refractivity contribution in [2.24, 2.45) is 5.10 Å². The van der Waals surface area contributed by atoms with Crippen LogP contribution >= 0.6 is 0 Å². The van der Waals surface area contributed by atoms with E-state index in [4.69, 9.17) is 14.5 Å². The number of aromatic nitrogens is 1. The van der Waals surface area contributed by atoms with Gasteiger partial charge in [-0.3, -0.25) is 4.79 Å². The molecule has 2 heterocycles. The molecule has 0 aliphatic carbocycles. The van der Waals surface area contributed by atoms with Crippen LogP contribution in [0.1, 0.15) is 15.9 Å². The van der Waals surface area contributed by atoms with Crippen LogP contribution in [0.25, 0.3) is 22.2 Å². The van der Waals surface area contributed by atoms with Gasteiger partial charge >= 0.3 is 0 Å². The Morgan fingerprint density at radius 2 is 1.73 bits per heavy atom. The predicted octanol–water partition coefficient (Wildman–Crippen LogP) is 4.39. The van der Waals surface area contributed by atoms with Gasteiger partial charge in [0.05, 0.1) is 23.0 Å². The number of nitrogens with zero attached hydrogens (tertiary/aromatic N) is 2. The fourth-order valence-corrected chi connectivity index (χ4v) is 3.34. The van der Waals surface area contributed by atoms with E-state index in [1.54, 1.807) is 12.3 Å². The largest absolute Gasteiger partial charge is 0.454 e. The lowest BCUT2D eigenvalue weighted by molar-refractivity contribution is 0.0956. The van der Waals surface area contributed by atoms with Crippen molar-refractivity contribution in [2.45, 2.75) is 0 Å². The average molecular weight is 395 g/mol. The zero-order chi connectivity index (χ0) is 20.3. The molecule has 1 amide bonds. The normalized spacial score (nSPS) is 12.4. The highest BCUT2D eigenvalue weighted by Crippen LogP contribution is 2.32. The summed E-state index contributed by atoms with van der Waals surface area (Å²) < 4.78 is 10.7. The van der Waals surface area contributed by atoms with E-state index in [2.05, 4.69) is 10.5 Å². The van der Waals surface area contributed by atoms with E-state index in [-0.39, 0.29) is 12.7 Å². The predicted molar refractivity (Wildman–Crippen MR) is 115 cm³/mol. The molecule has 5 rings (SSSR count). The highest BCUT2D eigenvalue weighted by molar-refractivity contribution is 6.07. The van der Waals surface area contributed by atoms with Crippen molar-refractivity contribution < 1.29 is 14.3 Å². The second-order valence-corrected chi connectivity index (χ2v) is 6.75. The van der Waals surface area contributed by atoms with Gasteiger partial charge < -0.3 is 9.47 Å². The maximum atomic E-state index is 12.9. The molecule has 0 spiro atoms. The van der Waals surface area contributed by atoms with Gasteiger partial charge in [0.25, 0.3) is 5.91 Å². The molecule has 6 nitrogen and oxygen atoms in total. The highest BCUT2D eigenvalue weighted by atomic mass is 16.7. The summed E-state index contributed by atoms with van der Waals surface area (Å²) in [6.45, 7) is 0.214. The van der Waals surface area contributed by atoms with E-state index in [0.717, 1.165) is 27.7 Å². The van der Waals surface area contributed by atoms with Crippen LogP contribution in [-0.4, -0.2) is 23.9 Å². The summed E-state index contributed by atoms with van der Waals surface area (Å²) in [7, 11) is 0. The number of benzene rings is 3. The quantitative estimate of drug-likeness (QED) is 0.411. The number of nitrogens with one attached hydrogen (secondary N) is 1. The van der Waals surface area contributed by atoms with E-state index < -0.39 is 0 Å². The number of amides is 1. The Bertz CT molecular complexity index is 1270. The molecule has 0 fully saturated rings. The Labute approximate surface area is 172 Å². The Hall–Kier alpha value is -4.19. The lowest BCUT2D eigenvalue weighted by Crippen LogP contribution is -2.18. The third-order valence-electron chi connectivity index (χ3n) is 4.81. The van der Waals surface area contributed by atoms with Crippen LogP contribution in [0, 0.1) is 0 Å². The third kappa shape index (κ3) is 3.46. The standard InChI is InChI=1S/C24H17N3O3/c28-24(27-25-14-16-10-11-22-23(12-16)30-15-29-22)19-13-21(17-6-2-1-3-7-17)26-20-9-5-4-8-18(19)20/h1-14H,15H2,(H,27,28)/b25-14-. The molecule has 1 aliphatic heterocycles. The summed E-state index contributed by atoms with van der Waals surface area (Å²) in [6.07, 6.45) is 1.57. The number of hydrogen-bond acceptors (Lipinski definition) is 5. The molecule has 6 heteroatoms. The molecule has 0 unspecified atom stereocenters. The summed E-state index contributed by atoms with van der Waals surface area (Å²) in [5.74, 6) is 1.06. The molecule has 1 aliphatic rings. The van der Waals surface area contributed by atoms with E-state index in [0.29, 0.717) is 17.1 Å². The molecule has 0 bridgehead atoms. The maximum Gasteiger partial charge on any atom is 0.272 e. The molecule has 146 valence electrons. The van der Waals surface area contributed by atoms with Gasteiger partial charge in [0, 0.05) is 10.9 Å². The number of carbonyl (C=O) groups excluding carboxylic acids is 1. The van der Waals surface area contributed by atoms with E-state index in [1.807, 2.05) is 72.8 Å². The summed E-state index contributed by atoms with van der Waals surface area (Å²) in [4.78, 5) is 17.6. The summed E-state index contributed by atoms with van der Waals surface area (Å²) >= 11 is 0. The first-order chi connectivity index (χ1) is 14.8. The third-order valence-corrected chi connectivity index (χ3v) is 4.81. The number of rotatable bonds is 4. The minimum atomic E-state index is -0.303. The molecule has 4 aromatic rings. The molecule has 3 aromatic carbocycles. The Morgan fingerprint density at radius 1 is 0.933 bits per heavy atom. The van der Waals surface area contributed by atoms with Crippen LogP contribution < -0.4 is 14.9 Å². The van der Waals surface area contributed by atoms with Crippen LogP contribution in [0.5, 0.6) is 11.5 Å². The van der Waals surface area contributed by atoms with Crippen molar-refractivity contribution in [2.75, 3.05) is 6.79 Å². The molecule has 1 aromatic heterocycles. The van der Waals surface area contributed by atoms with Crippen molar-refractivity contribution in [1.82, 2.24) is 10.4 Å². The first-order valence-corrected chi connectivity index (χ1v) is 9.46. The zero-order valence-electron chi connectivity index (χ0n) is 15.9. The van der Waals surface area contributed by atoms with Gasteiger partial charge in [-0.05, 0) is 35.9 Å². The van der Waals surface area contributed by atoms with Crippen molar-refractivity contribution in [3.63, 3.8) is 0 Å². The zero-order valence-corrected chi connectivity index (χ0v) is 15.9. The number of para-hydroxylation sites is 1. The number of ether oxygens (including phenoxy) is 2. The average Bonchev–Trinajstić information content (AvgIpc) is 3.27. The Morgan fingerprint density at radius 3 is 2.63 bits per heavy atom. The Balaban J connectivity index is 1.44. The van der Waals surface area contributed by atoms with Gasteiger partial charge in [0.15, 0.2) is 11.5 Å². The van der Waals surface area contributed by atoms with Gasteiger partial charge in [0.2, 0.25) is 6.79 Å². The van der Waals surface area contributed by atoms with Crippen molar-refractivity contribution >= 4 is 23.0 Å². The number of pyridine rings is 1. The lowest BCUT2D eigenvalue weighted by atomic mass is 10.0. The van der Waals surface area contributed by atoms with Crippen LogP contribution in [0.15, 0.2) is 84.0 Å². The van der Waals surface area contributed by atoms with Crippen LogP contribution in [0.3, 0.4) is 0 Å². The monoisotopic (exact) mass is 395 g/mol. The second kappa shape index (κ2) is 7.67. The molecule has 30 heavy (non-hydrogen) atoms. The Kier molecular flexibility index (Phi) is 4.57. The lowest BCUT2D eigenvalue weighted by Gasteiger charge is -2.09. The first-order valence-electron chi connectivity index (χ1n) is 9.46. The van der Waals surface area contributed by atoms with Crippen LogP contribution in [0.2, 0.25) is 0 Å². The topological polar surface area (TPSA) is 72.8 Å². The molecule has 0 atom stereocenters. The molecule has 0 saturated heterocycles. The molecule has 0 radical (unpaired) electrons. The van der Waals surface area contributed by atoms with Gasteiger partial charge in [-0.2, -0.15) is 5.10 Å². The van der Waals surface area contributed by atoms with Crippen molar-refractivity contribution in [1.29, 1.82) is 0 Å². The summed E-state index contributed by atoms with van der Waals surface area (Å²) in [5, 5.41) is 4.88. The van der Waals surface area contributed by atoms with Crippen LogP contribution in [0.4, 0.5) is 0 Å². The number of hydrazone groups is 1. The van der Waals surface area contributed by atoms with E-state index in [1.165, 1.54) is 0 Å². The van der Waals surface area contributed by atoms with Gasteiger partial charge in [-0.25, -0.2) is 10.4 Å². The second-order valence-electron chi connectivity index (χ2n) is 6.75. The molecular weight excluding hydrogens is 378 g/mol. The highest BCUT2D eigenvalue weighted by Gasteiger charge is 2.14. The summed E-state index contributed by atoms with van der Waals surface area (Å²) in [6, 6.07) is 24.6. The molecule has 0 saturated carbocycles. The minimum Gasteiger partial charge on any atom is -0.454 e. The SMILES string of the molecule is O=C(N/N=C\c1ccc2c(c1)OCO2)c1cc(-c2ccccc2)nc2ccccc12. The van der Waals surface area contributed by atoms with E-state index >= 15 is 0 Å². The van der Waals surface area contributed by atoms with Crippen molar-refractivity contribution in [3.8, 4) is 22.8 Å². The number of carbonyl (C=O) groups is 1. The van der Waals surface area contributed by atoms with Gasteiger partial charge in [-0.15, -0.1) is 0 Å². The van der Waals surface area contributed by atoms with E-state index in [9.17, 15) is 4.79 Å². The van der Waals surface area contributed by atoms with Gasteiger partial charge in [-0.1, -0.05) is 48.5 Å².